The minimum Gasteiger partial charge on any atom is -0.427 e. The van der Waals surface area contributed by atoms with E-state index in [9.17, 15) is 28.0 Å². The summed E-state index contributed by atoms with van der Waals surface area (Å²) in [4.78, 5) is 30.7. The number of aromatic amines is 1. The predicted molar refractivity (Wildman–Crippen MR) is 107 cm³/mol. The van der Waals surface area contributed by atoms with Gasteiger partial charge in [0.05, 0.1) is 17.7 Å². The average molecular weight is 445 g/mol. The number of thioether (sulfide) groups is 1. The summed E-state index contributed by atoms with van der Waals surface area (Å²) >= 11 is 1.01. The third-order valence-corrected chi connectivity index (χ3v) is 4.87. The monoisotopic (exact) mass is 445 g/mol. The first-order valence-corrected chi connectivity index (χ1v) is 9.87. The Balaban J connectivity index is 1.78. The summed E-state index contributed by atoms with van der Waals surface area (Å²) in [7, 11) is 0. The van der Waals surface area contributed by atoms with Crippen LogP contribution in [0.5, 0.6) is 5.75 Å². The Morgan fingerprint density at radius 1 is 1.16 bits per heavy atom. The number of ether oxygens (including phenoxy) is 1. The zero-order valence-corrected chi connectivity index (χ0v) is 16.6. The van der Waals surface area contributed by atoms with Gasteiger partial charge in [-0.1, -0.05) is 42.1 Å². The predicted octanol–water partition coefficient (Wildman–Crippen LogP) is 4.42. The van der Waals surface area contributed by atoms with E-state index < -0.39 is 28.8 Å². The van der Waals surface area contributed by atoms with Crippen molar-refractivity contribution in [2.45, 2.75) is 17.8 Å². The van der Waals surface area contributed by atoms with Crippen LogP contribution in [0.25, 0.3) is 11.3 Å². The topological polar surface area (TPSA) is 95.8 Å². The van der Waals surface area contributed by atoms with E-state index in [-0.39, 0.29) is 28.6 Å². The molecule has 3 aromatic rings. The molecule has 0 atom stereocenters. The van der Waals surface area contributed by atoms with Crippen LogP contribution in [0.1, 0.15) is 17.5 Å². The minimum absolute atomic E-state index is 0.00215. The van der Waals surface area contributed by atoms with Crippen LogP contribution < -0.4 is 10.3 Å². The molecule has 31 heavy (non-hydrogen) atoms. The normalized spacial score (nSPS) is 11.0. The molecule has 0 fully saturated rings. The fraction of sp³-hybridized carbons (Fsp3) is 0.143. The number of halogens is 3. The summed E-state index contributed by atoms with van der Waals surface area (Å²) in [6.45, 7) is 0. The van der Waals surface area contributed by atoms with Crippen molar-refractivity contribution in [1.29, 1.82) is 5.26 Å². The van der Waals surface area contributed by atoms with E-state index in [1.807, 2.05) is 0 Å². The first-order chi connectivity index (χ1) is 14.8. The molecule has 0 aliphatic rings. The molecule has 0 radical (unpaired) electrons. The molecule has 6 nitrogen and oxygen atoms in total. The number of hydrogen-bond acceptors (Lipinski definition) is 6. The third-order valence-electron chi connectivity index (χ3n) is 3.99. The van der Waals surface area contributed by atoms with Crippen LogP contribution in [0.4, 0.5) is 13.2 Å². The SMILES string of the molecule is N#Cc1c(-c2cccc(C(F)(F)F)c2)nc(SCCC(=O)Oc2ccccc2)[nH]c1=O. The van der Waals surface area contributed by atoms with Gasteiger partial charge in [0.25, 0.3) is 5.56 Å². The molecule has 1 aromatic heterocycles. The quantitative estimate of drug-likeness (QED) is 0.261. The highest BCUT2D eigenvalue weighted by Gasteiger charge is 2.31. The number of nitriles is 1. The number of carbonyl (C=O) groups excluding carboxylic acids is 1. The lowest BCUT2D eigenvalue weighted by atomic mass is 10.0. The number of aromatic nitrogens is 2. The molecule has 0 aliphatic carbocycles. The Labute approximate surface area is 178 Å². The van der Waals surface area contributed by atoms with E-state index in [1.54, 1.807) is 36.4 Å². The molecule has 0 bridgehead atoms. The van der Waals surface area contributed by atoms with Crippen molar-refractivity contribution in [3.63, 3.8) is 0 Å². The Hall–Kier alpha value is -3.58. The summed E-state index contributed by atoms with van der Waals surface area (Å²) in [5.74, 6) is 0.102. The second kappa shape index (κ2) is 9.49. The number of nitrogens with zero attached hydrogens (tertiary/aromatic N) is 2. The van der Waals surface area contributed by atoms with Crippen molar-refractivity contribution in [3.05, 3.63) is 76.1 Å². The molecule has 10 heteroatoms. The zero-order valence-electron chi connectivity index (χ0n) is 15.8. The van der Waals surface area contributed by atoms with Gasteiger partial charge >= 0.3 is 12.1 Å². The van der Waals surface area contributed by atoms with Gasteiger partial charge in [-0.15, -0.1) is 0 Å². The van der Waals surface area contributed by atoms with Gasteiger partial charge in [0.1, 0.15) is 17.4 Å². The molecule has 3 rings (SSSR count). The van der Waals surface area contributed by atoms with Crippen LogP contribution in [0.3, 0.4) is 0 Å². The number of nitrogens with one attached hydrogen (secondary N) is 1. The van der Waals surface area contributed by atoms with Crippen LogP contribution in [0.2, 0.25) is 0 Å². The standard InChI is InChI=1S/C21H14F3N3O3S/c22-21(23,24)14-6-4-5-13(11-14)18-16(12-25)19(29)27-20(26-18)31-10-9-17(28)30-15-7-2-1-3-8-15/h1-8,11H,9-10H2,(H,26,27,29). The van der Waals surface area contributed by atoms with Crippen molar-refractivity contribution in [2.75, 3.05) is 5.75 Å². The molecule has 158 valence electrons. The van der Waals surface area contributed by atoms with Crippen LogP contribution in [0, 0.1) is 11.3 Å². The molecule has 0 aliphatic heterocycles. The van der Waals surface area contributed by atoms with Crippen molar-refractivity contribution >= 4 is 17.7 Å². The molecular weight excluding hydrogens is 431 g/mol. The van der Waals surface area contributed by atoms with Gasteiger partial charge in [0.15, 0.2) is 5.16 Å². The van der Waals surface area contributed by atoms with E-state index in [1.165, 1.54) is 12.1 Å². The van der Waals surface area contributed by atoms with E-state index in [0.29, 0.717) is 5.75 Å². The number of benzene rings is 2. The third kappa shape index (κ3) is 5.73. The summed E-state index contributed by atoms with van der Waals surface area (Å²) in [5.41, 5.74) is -2.27. The lowest BCUT2D eigenvalue weighted by molar-refractivity contribution is -0.137. The number of hydrogen-bond donors (Lipinski definition) is 1. The van der Waals surface area contributed by atoms with E-state index in [4.69, 9.17) is 4.74 Å². The zero-order chi connectivity index (χ0) is 22.4. The molecule has 0 saturated carbocycles. The Kier molecular flexibility index (Phi) is 6.77. The van der Waals surface area contributed by atoms with Crippen LogP contribution in [-0.2, 0) is 11.0 Å². The van der Waals surface area contributed by atoms with Gasteiger partial charge in [-0.25, -0.2) is 4.98 Å². The average Bonchev–Trinajstić information content (AvgIpc) is 2.73. The molecule has 0 saturated heterocycles. The van der Waals surface area contributed by atoms with Gasteiger partial charge in [0, 0.05) is 11.3 Å². The van der Waals surface area contributed by atoms with Gasteiger partial charge in [-0.2, -0.15) is 18.4 Å². The number of esters is 1. The second-order valence-corrected chi connectivity index (χ2v) is 7.25. The molecule has 1 N–H and O–H groups in total. The van der Waals surface area contributed by atoms with Crippen molar-refractivity contribution in [2.24, 2.45) is 0 Å². The Morgan fingerprint density at radius 3 is 2.58 bits per heavy atom. The Bertz CT molecular complexity index is 1190. The highest BCUT2D eigenvalue weighted by Crippen LogP contribution is 2.32. The first-order valence-electron chi connectivity index (χ1n) is 8.88. The van der Waals surface area contributed by atoms with Crippen LogP contribution >= 0.6 is 11.8 Å². The second-order valence-electron chi connectivity index (χ2n) is 6.17. The molecule has 0 spiro atoms. The highest BCUT2D eigenvalue weighted by molar-refractivity contribution is 7.99. The van der Waals surface area contributed by atoms with Gasteiger partial charge < -0.3 is 9.72 Å². The summed E-state index contributed by atoms with van der Waals surface area (Å²) in [6.07, 6.45) is -4.58. The molecular formula is C21H14F3N3O3S. The minimum atomic E-state index is -4.58. The van der Waals surface area contributed by atoms with E-state index in [0.717, 1.165) is 23.9 Å². The fourth-order valence-electron chi connectivity index (χ4n) is 2.58. The van der Waals surface area contributed by atoms with Crippen LogP contribution in [0.15, 0.2) is 64.5 Å². The Morgan fingerprint density at radius 2 is 1.90 bits per heavy atom. The largest absolute Gasteiger partial charge is 0.427 e. The fourth-order valence-corrected chi connectivity index (χ4v) is 3.36. The van der Waals surface area contributed by atoms with E-state index in [2.05, 4.69) is 9.97 Å². The number of carbonyl (C=O) groups is 1. The lowest BCUT2D eigenvalue weighted by Crippen LogP contribution is -2.15. The maximum absolute atomic E-state index is 13.0. The maximum Gasteiger partial charge on any atom is 0.416 e. The van der Waals surface area contributed by atoms with Gasteiger partial charge in [-0.05, 0) is 24.3 Å². The van der Waals surface area contributed by atoms with Crippen LogP contribution in [-0.4, -0.2) is 21.7 Å². The number of rotatable bonds is 6. The summed E-state index contributed by atoms with van der Waals surface area (Å²) in [6, 6.07) is 14.4. The smallest absolute Gasteiger partial charge is 0.416 e. The lowest BCUT2D eigenvalue weighted by Gasteiger charge is -2.10. The highest BCUT2D eigenvalue weighted by atomic mass is 32.2. The number of para-hydroxylation sites is 1. The first kappa shape index (κ1) is 22.1. The summed E-state index contributed by atoms with van der Waals surface area (Å²) in [5, 5.41) is 9.34. The van der Waals surface area contributed by atoms with Crippen molar-refractivity contribution in [1.82, 2.24) is 9.97 Å². The molecule has 2 aromatic carbocycles. The van der Waals surface area contributed by atoms with Gasteiger partial charge in [0.2, 0.25) is 0 Å². The van der Waals surface area contributed by atoms with Gasteiger partial charge in [-0.3, -0.25) is 9.59 Å². The van der Waals surface area contributed by atoms with Crippen molar-refractivity contribution in [3.8, 4) is 23.1 Å². The number of alkyl halides is 3. The molecule has 0 unspecified atom stereocenters. The number of H-pyrrole nitrogens is 1. The van der Waals surface area contributed by atoms with E-state index >= 15 is 0 Å². The summed E-state index contributed by atoms with van der Waals surface area (Å²) < 4.78 is 44.2. The maximum atomic E-state index is 13.0. The molecule has 1 heterocycles. The van der Waals surface area contributed by atoms with Crippen molar-refractivity contribution < 1.29 is 22.7 Å². The molecule has 0 amide bonds.